The van der Waals surface area contributed by atoms with Crippen LogP contribution in [0.3, 0.4) is 0 Å². The molecule has 0 bridgehead atoms. The Hall–Kier alpha value is -1.40. The van der Waals surface area contributed by atoms with E-state index in [0.29, 0.717) is 18.0 Å². The molecule has 2 aliphatic rings. The van der Waals surface area contributed by atoms with Crippen LogP contribution < -0.4 is 10.6 Å². The number of aromatic nitrogens is 2. The summed E-state index contributed by atoms with van der Waals surface area (Å²) in [6, 6.07) is 2.56. The van der Waals surface area contributed by atoms with Crippen molar-refractivity contribution in [2.45, 2.75) is 62.8 Å². The monoisotopic (exact) mass is 306 g/mol. The van der Waals surface area contributed by atoms with E-state index in [1.165, 1.54) is 12.8 Å². The number of ether oxygens (including phenoxy) is 2. The topological polar surface area (TPSA) is 68.3 Å². The highest BCUT2D eigenvalue weighted by Gasteiger charge is 2.29. The van der Waals surface area contributed by atoms with Crippen molar-refractivity contribution >= 4 is 11.8 Å². The predicted octanol–water partition coefficient (Wildman–Crippen LogP) is 2.44. The van der Waals surface area contributed by atoms with Crippen LogP contribution in [0.15, 0.2) is 12.3 Å². The Kier molecular flexibility index (Phi) is 5.10. The normalized spacial score (nSPS) is 31.4. The van der Waals surface area contributed by atoms with Crippen molar-refractivity contribution in [3.8, 4) is 0 Å². The summed E-state index contributed by atoms with van der Waals surface area (Å²) in [5.74, 6) is 1.53. The molecule has 0 radical (unpaired) electrons. The lowest BCUT2D eigenvalue weighted by Gasteiger charge is -2.22. The Morgan fingerprint density at radius 2 is 1.59 bits per heavy atom. The van der Waals surface area contributed by atoms with Gasteiger partial charge < -0.3 is 20.1 Å². The second-order valence-corrected chi connectivity index (χ2v) is 6.18. The summed E-state index contributed by atoms with van der Waals surface area (Å²) in [6.45, 7) is 0. The molecule has 0 saturated heterocycles. The van der Waals surface area contributed by atoms with Crippen LogP contribution in [0.2, 0.25) is 0 Å². The lowest BCUT2D eigenvalue weighted by atomic mass is 10.2. The van der Waals surface area contributed by atoms with Crippen molar-refractivity contribution in [1.82, 2.24) is 9.97 Å². The smallest absolute Gasteiger partial charge is 0.224 e. The van der Waals surface area contributed by atoms with Crippen molar-refractivity contribution in [2.75, 3.05) is 24.9 Å². The number of hydrogen-bond acceptors (Lipinski definition) is 6. The van der Waals surface area contributed by atoms with Gasteiger partial charge >= 0.3 is 0 Å². The van der Waals surface area contributed by atoms with Gasteiger partial charge in [0.15, 0.2) is 0 Å². The standard InChI is InChI=1S/C16H26N4O2/c1-21-13-7-3-5-11(13)18-15-9-10-17-16(20-15)19-12-6-4-8-14(12)22-2/h9-14H,3-8H2,1-2H3,(H2,17,18,19,20)/t11-,12-,13-,14-/m0/s1. The minimum atomic E-state index is 0.257. The summed E-state index contributed by atoms with van der Waals surface area (Å²) in [5, 5.41) is 6.90. The third kappa shape index (κ3) is 3.50. The number of hydrogen-bond donors (Lipinski definition) is 2. The number of rotatable bonds is 6. The molecule has 2 saturated carbocycles. The Bertz CT molecular complexity index is 446. The first kappa shape index (κ1) is 15.5. The molecule has 6 heteroatoms. The SMILES string of the molecule is CO[C@H]1CCC[C@@H]1Nc1ccnc(N[C@H]2CCC[C@@H]2OC)n1. The first-order valence-corrected chi connectivity index (χ1v) is 8.22. The number of nitrogens with zero attached hydrogens (tertiary/aromatic N) is 2. The Morgan fingerprint density at radius 1 is 0.955 bits per heavy atom. The molecule has 0 unspecified atom stereocenters. The van der Waals surface area contributed by atoms with Crippen molar-refractivity contribution in [1.29, 1.82) is 0 Å². The average Bonchev–Trinajstić information content (AvgIpc) is 3.16. The molecule has 1 heterocycles. The quantitative estimate of drug-likeness (QED) is 0.841. The maximum Gasteiger partial charge on any atom is 0.224 e. The van der Waals surface area contributed by atoms with Gasteiger partial charge in [0.05, 0.1) is 24.3 Å². The molecule has 1 aromatic heterocycles. The van der Waals surface area contributed by atoms with Gasteiger partial charge in [-0.05, 0) is 44.6 Å². The van der Waals surface area contributed by atoms with E-state index in [9.17, 15) is 0 Å². The first-order valence-electron chi connectivity index (χ1n) is 8.22. The lowest BCUT2D eigenvalue weighted by Crippen LogP contribution is -2.31. The molecular formula is C16H26N4O2. The molecule has 2 fully saturated rings. The largest absolute Gasteiger partial charge is 0.379 e. The zero-order valence-electron chi connectivity index (χ0n) is 13.4. The minimum Gasteiger partial charge on any atom is -0.379 e. The average molecular weight is 306 g/mol. The fourth-order valence-corrected chi connectivity index (χ4v) is 3.61. The third-order valence-corrected chi connectivity index (χ3v) is 4.81. The summed E-state index contributed by atoms with van der Waals surface area (Å²) in [4.78, 5) is 8.93. The molecule has 6 nitrogen and oxygen atoms in total. The van der Waals surface area contributed by atoms with Gasteiger partial charge in [0.25, 0.3) is 0 Å². The Balaban J connectivity index is 1.62. The van der Waals surface area contributed by atoms with Gasteiger partial charge in [0.2, 0.25) is 5.95 Å². The second kappa shape index (κ2) is 7.24. The van der Waals surface area contributed by atoms with Crippen LogP contribution in [0, 0.1) is 0 Å². The molecule has 2 aliphatic carbocycles. The van der Waals surface area contributed by atoms with Gasteiger partial charge in [-0.1, -0.05) is 0 Å². The summed E-state index contributed by atoms with van der Waals surface area (Å²) < 4.78 is 11.0. The molecule has 0 aliphatic heterocycles. The molecule has 0 spiro atoms. The maximum atomic E-state index is 5.52. The van der Waals surface area contributed by atoms with Crippen LogP contribution in [0.5, 0.6) is 0 Å². The predicted molar refractivity (Wildman–Crippen MR) is 86.1 cm³/mol. The Labute approximate surface area is 132 Å². The van der Waals surface area contributed by atoms with Crippen molar-refractivity contribution in [2.24, 2.45) is 0 Å². The summed E-state index contributed by atoms with van der Waals surface area (Å²) in [5.41, 5.74) is 0. The van der Waals surface area contributed by atoms with Crippen molar-refractivity contribution < 1.29 is 9.47 Å². The van der Waals surface area contributed by atoms with Gasteiger partial charge in [0, 0.05) is 20.4 Å². The molecule has 2 N–H and O–H groups in total. The van der Waals surface area contributed by atoms with E-state index in [0.717, 1.165) is 31.5 Å². The molecule has 0 aromatic carbocycles. The second-order valence-electron chi connectivity index (χ2n) is 6.18. The first-order chi connectivity index (χ1) is 10.8. The van der Waals surface area contributed by atoms with Gasteiger partial charge in [0.1, 0.15) is 5.82 Å². The zero-order chi connectivity index (χ0) is 15.4. The molecule has 122 valence electrons. The van der Waals surface area contributed by atoms with E-state index in [1.807, 2.05) is 6.07 Å². The van der Waals surface area contributed by atoms with E-state index in [1.54, 1.807) is 20.4 Å². The number of nitrogens with one attached hydrogen (secondary N) is 2. The summed E-state index contributed by atoms with van der Waals surface area (Å²) >= 11 is 0. The van der Waals surface area contributed by atoms with Crippen LogP contribution in [-0.4, -0.2) is 48.5 Å². The minimum absolute atomic E-state index is 0.257. The van der Waals surface area contributed by atoms with Gasteiger partial charge in [-0.2, -0.15) is 4.98 Å². The van der Waals surface area contributed by atoms with Gasteiger partial charge in [-0.25, -0.2) is 4.98 Å². The zero-order valence-corrected chi connectivity index (χ0v) is 13.4. The molecule has 1 aromatic rings. The molecular weight excluding hydrogens is 280 g/mol. The van der Waals surface area contributed by atoms with Crippen LogP contribution in [0.4, 0.5) is 11.8 Å². The lowest BCUT2D eigenvalue weighted by molar-refractivity contribution is 0.100. The van der Waals surface area contributed by atoms with Crippen LogP contribution in [0.25, 0.3) is 0 Å². The maximum absolute atomic E-state index is 5.52. The number of methoxy groups -OCH3 is 2. The van der Waals surface area contributed by atoms with Crippen molar-refractivity contribution in [3.63, 3.8) is 0 Å². The van der Waals surface area contributed by atoms with E-state index >= 15 is 0 Å². The van der Waals surface area contributed by atoms with Crippen molar-refractivity contribution in [3.05, 3.63) is 12.3 Å². The van der Waals surface area contributed by atoms with E-state index < -0.39 is 0 Å². The third-order valence-electron chi connectivity index (χ3n) is 4.81. The van der Waals surface area contributed by atoms with Crippen LogP contribution in [-0.2, 0) is 9.47 Å². The highest BCUT2D eigenvalue weighted by Crippen LogP contribution is 2.26. The highest BCUT2D eigenvalue weighted by molar-refractivity contribution is 5.41. The highest BCUT2D eigenvalue weighted by atomic mass is 16.5. The fraction of sp³-hybridized carbons (Fsp3) is 0.750. The Morgan fingerprint density at radius 3 is 2.23 bits per heavy atom. The van der Waals surface area contributed by atoms with Crippen LogP contribution in [0.1, 0.15) is 38.5 Å². The summed E-state index contributed by atoms with van der Waals surface area (Å²) in [7, 11) is 3.55. The van der Waals surface area contributed by atoms with E-state index in [2.05, 4.69) is 20.6 Å². The molecule has 4 atom stereocenters. The fourth-order valence-electron chi connectivity index (χ4n) is 3.61. The molecule has 0 amide bonds. The molecule has 3 rings (SSSR count). The van der Waals surface area contributed by atoms with Gasteiger partial charge in [-0.3, -0.25) is 0 Å². The molecule has 22 heavy (non-hydrogen) atoms. The number of anilines is 2. The van der Waals surface area contributed by atoms with E-state index in [4.69, 9.17) is 9.47 Å². The van der Waals surface area contributed by atoms with Crippen LogP contribution >= 0.6 is 0 Å². The summed E-state index contributed by atoms with van der Waals surface area (Å²) in [6.07, 6.45) is 9.16. The van der Waals surface area contributed by atoms with Gasteiger partial charge in [-0.15, -0.1) is 0 Å². The van der Waals surface area contributed by atoms with E-state index in [-0.39, 0.29) is 12.2 Å².